The summed E-state index contributed by atoms with van der Waals surface area (Å²) in [7, 11) is 0. The van der Waals surface area contributed by atoms with Crippen LogP contribution in [0, 0.1) is 5.92 Å². The smallest absolute Gasteiger partial charge is 0.308 e. The summed E-state index contributed by atoms with van der Waals surface area (Å²) in [6.07, 6.45) is 0.166. The number of hydrogen-bond donors (Lipinski definition) is 0. The topological polar surface area (TPSA) is 35.5 Å². The van der Waals surface area contributed by atoms with E-state index in [1.807, 2.05) is 52.0 Å². The molecule has 0 bridgehead atoms. The van der Waals surface area contributed by atoms with Crippen LogP contribution in [0.3, 0.4) is 0 Å². The van der Waals surface area contributed by atoms with Crippen molar-refractivity contribution in [3.8, 4) is 5.75 Å². The van der Waals surface area contributed by atoms with E-state index in [9.17, 15) is 4.79 Å². The molecule has 0 aliphatic carbocycles. The molecular weight excluding hydrogens is 228 g/mol. The first-order chi connectivity index (χ1) is 7.99. The highest BCUT2D eigenvalue weighted by Gasteiger charge is 2.08. The van der Waals surface area contributed by atoms with Gasteiger partial charge in [0.15, 0.2) is 0 Å². The van der Waals surface area contributed by atoms with Gasteiger partial charge in [-0.25, -0.2) is 0 Å². The minimum Gasteiger partial charge on any atom is -0.491 e. The molecule has 3 nitrogen and oxygen atoms in total. The highest BCUT2D eigenvalue weighted by atomic mass is 16.5. The van der Waals surface area contributed by atoms with E-state index in [0.717, 1.165) is 11.3 Å². The Morgan fingerprint density at radius 1 is 1.11 bits per heavy atom. The Kier molecular flexibility index (Phi) is 7.10. The molecule has 0 amide bonds. The second kappa shape index (κ2) is 7.75. The highest BCUT2D eigenvalue weighted by molar-refractivity contribution is 5.71. The van der Waals surface area contributed by atoms with Crippen molar-refractivity contribution in [2.45, 2.75) is 47.8 Å². The third-order valence-corrected chi connectivity index (χ3v) is 2.15. The Hall–Kier alpha value is -1.51. The summed E-state index contributed by atoms with van der Waals surface area (Å²) in [5, 5.41) is 0. The summed E-state index contributed by atoms with van der Waals surface area (Å²) < 4.78 is 10.7. The van der Waals surface area contributed by atoms with Crippen molar-refractivity contribution in [1.29, 1.82) is 0 Å². The van der Waals surface area contributed by atoms with Crippen molar-refractivity contribution in [2.24, 2.45) is 5.92 Å². The number of ether oxygens (including phenoxy) is 2. The van der Waals surface area contributed by atoms with Gasteiger partial charge in [-0.1, -0.05) is 33.4 Å². The number of carbonyl (C=O) groups is 1. The van der Waals surface area contributed by atoms with Gasteiger partial charge in [0.05, 0.1) is 12.0 Å². The van der Waals surface area contributed by atoms with Crippen LogP contribution in [0.2, 0.25) is 0 Å². The predicted molar refractivity (Wildman–Crippen MR) is 73.6 cm³/mol. The number of benzene rings is 1. The predicted octanol–water partition coefficient (Wildman–Crippen LogP) is 3.81. The van der Waals surface area contributed by atoms with Gasteiger partial charge in [0, 0.05) is 0 Å². The molecule has 0 aliphatic rings. The standard InChI is InChI=1S/C14H20O3.CH4/c1-10(2)14(15)16-9-12-5-7-13(8-6-12)17-11(3)4;/h5-8,10-11H,9H2,1-4H3;1H4. The van der Waals surface area contributed by atoms with Crippen LogP contribution in [0.1, 0.15) is 40.7 Å². The van der Waals surface area contributed by atoms with Gasteiger partial charge in [-0.15, -0.1) is 0 Å². The van der Waals surface area contributed by atoms with Crippen LogP contribution in [0.4, 0.5) is 0 Å². The second-order valence-corrected chi connectivity index (χ2v) is 4.57. The maximum Gasteiger partial charge on any atom is 0.308 e. The van der Waals surface area contributed by atoms with Gasteiger partial charge < -0.3 is 9.47 Å². The fraction of sp³-hybridized carbons (Fsp3) is 0.533. The van der Waals surface area contributed by atoms with E-state index < -0.39 is 0 Å². The van der Waals surface area contributed by atoms with E-state index in [0.29, 0.717) is 6.61 Å². The Balaban J connectivity index is 0.00000289. The van der Waals surface area contributed by atoms with Crippen LogP contribution in [0.25, 0.3) is 0 Å². The van der Waals surface area contributed by atoms with Gasteiger partial charge in [0.1, 0.15) is 12.4 Å². The van der Waals surface area contributed by atoms with Crippen LogP contribution >= 0.6 is 0 Å². The van der Waals surface area contributed by atoms with Gasteiger partial charge in [-0.2, -0.15) is 0 Å². The number of carbonyl (C=O) groups excluding carboxylic acids is 1. The average Bonchev–Trinajstić information content (AvgIpc) is 2.26. The lowest BCUT2D eigenvalue weighted by atomic mass is 10.2. The molecule has 0 radical (unpaired) electrons. The second-order valence-electron chi connectivity index (χ2n) is 4.57. The third kappa shape index (κ3) is 5.71. The van der Waals surface area contributed by atoms with Crippen molar-refractivity contribution < 1.29 is 14.3 Å². The minimum atomic E-state index is -0.174. The summed E-state index contributed by atoms with van der Waals surface area (Å²) in [5.74, 6) is 0.574. The summed E-state index contributed by atoms with van der Waals surface area (Å²) in [4.78, 5) is 11.3. The van der Waals surface area contributed by atoms with E-state index in [4.69, 9.17) is 9.47 Å². The monoisotopic (exact) mass is 252 g/mol. The molecule has 3 heteroatoms. The van der Waals surface area contributed by atoms with E-state index in [1.54, 1.807) is 0 Å². The third-order valence-electron chi connectivity index (χ3n) is 2.15. The van der Waals surface area contributed by atoms with Crippen LogP contribution in [-0.2, 0) is 16.1 Å². The molecule has 1 rings (SSSR count). The van der Waals surface area contributed by atoms with Gasteiger partial charge in [0.25, 0.3) is 0 Å². The zero-order valence-electron chi connectivity index (χ0n) is 10.9. The Labute approximate surface area is 110 Å². The molecular formula is C15H24O3. The summed E-state index contributed by atoms with van der Waals surface area (Å²) in [5.41, 5.74) is 0.968. The van der Waals surface area contributed by atoms with E-state index in [-0.39, 0.29) is 25.4 Å². The molecule has 18 heavy (non-hydrogen) atoms. The molecule has 0 aliphatic heterocycles. The maximum atomic E-state index is 11.3. The van der Waals surface area contributed by atoms with E-state index in [2.05, 4.69) is 0 Å². The molecule has 0 saturated carbocycles. The largest absolute Gasteiger partial charge is 0.491 e. The quantitative estimate of drug-likeness (QED) is 0.747. The minimum absolute atomic E-state index is 0. The Morgan fingerprint density at radius 2 is 1.67 bits per heavy atom. The summed E-state index contributed by atoms with van der Waals surface area (Å²) in [6, 6.07) is 7.59. The summed E-state index contributed by atoms with van der Waals surface area (Å²) >= 11 is 0. The normalized spacial score (nSPS) is 10.1. The van der Waals surface area contributed by atoms with Crippen LogP contribution in [0.15, 0.2) is 24.3 Å². The molecule has 0 unspecified atom stereocenters. The van der Waals surface area contributed by atoms with Gasteiger partial charge in [-0.3, -0.25) is 4.79 Å². The van der Waals surface area contributed by atoms with Gasteiger partial charge in [-0.05, 0) is 31.5 Å². The molecule has 0 fully saturated rings. The van der Waals surface area contributed by atoms with Gasteiger partial charge >= 0.3 is 5.97 Å². The molecule has 0 N–H and O–H groups in total. The highest BCUT2D eigenvalue weighted by Crippen LogP contribution is 2.14. The molecule has 0 heterocycles. The van der Waals surface area contributed by atoms with Crippen molar-refractivity contribution >= 4 is 5.97 Å². The molecule has 102 valence electrons. The molecule has 1 aromatic carbocycles. The first kappa shape index (κ1) is 16.5. The fourth-order valence-electron chi connectivity index (χ4n) is 1.26. The average molecular weight is 252 g/mol. The summed E-state index contributed by atoms with van der Waals surface area (Å²) in [6.45, 7) is 7.93. The van der Waals surface area contributed by atoms with Crippen LogP contribution in [0.5, 0.6) is 5.75 Å². The van der Waals surface area contributed by atoms with E-state index >= 15 is 0 Å². The lowest BCUT2D eigenvalue weighted by molar-refractivity contribution is -0.148. The molecule has 0 spiro atoms. The maximum absolute atomic E-state index is 11.3. The van der Waals surface area contributed by atoms with Gasteiger partial charge in [0.2, 0.25) is 0 Å². The zero-order valence-corrected chi connectivity index (χ0v) is 10.9. The van der Waals surface area contributed by atoms with Crippen molar-refractivity contribution in [3.05, 3.63) is 29.8 Å². The van der Waals surface area contributed by atoms with Crippen molar-refractivity contribution in [2.75, 3.05) is 0 Å². The fourth-order valence-corrected chi connectivity index (χ4v) is 1.26. The van der Waals surface area contributed by atoms with Crippen molar-refractivity contribution in [1.82, 2.24) is 0 Å². The van der Waals surface area contributed by atoms with E-state index in [1.165, 1.54) is 0 Å². The number of esters is 1. The first-order valence-electron chi connectivity index (χ1n) is 5.91. The number of hydrogen-bond acceptors (Lipinski definition) is 3. The first-order valence-corrected chi connectivity index (χ1v) is 5.91. The molecule has 1 aromatic rings. The van der Waals surface area contributed by atoms with Crippen LogP contribution < -0.4 is 4.74 Å². The SMILES string of the molecule is C.CC(C)Oc1ccc(COC(=O)C(C)C)cc1. The molecule has 0 aromatic heterocycles. The number of rotatable bonds is 5. The zero-order chi connectivity index (χ0) is 12.8. The lowest BCUT2D eigenvalue weighted by Crippen LogP contribution is -2.11. The Bertz CT molecular complexity index is 353. The lowest BCUT2D eigenvalue weighted by Gasteiger charge is -2.10. The molecule has 0 saturated heterocycles. The van der Waals surface area contributed by atoms with Crippen LogP contribution in [-0.4, -0.2) is 12.1 Å². The molecule has 0 atom stereocenters. The van der Waals surface area contributed by atoms with Crippen molar-refractivity contribution in [3.63, 3.8) is 0 Å². The Morgan fingerprint density at radius 3 is 2.11 bits per heavy atom.